The molecule has 0 aliphatic heterocycles. The Bertz CT molecular complexity index is 1050. The molecule has 4 rings (SSSR count). The summed E-state index contributed by atoms with van der Waals surface area (Å²) in [5.74, 6) is 0.507. The third-order valence-corrected chi connectivity index (χ3v) is 5.03. The smallest absolute Gasteiger partial charge is 0.227 e. The standard InChI is InChI=1S/C19H12Cl2N4S/c20-13-4-5-16(21)15(11-13)12-2-1-3-14(10-12)24-19-23-7-6-17(25-19)18-22-8-9-26-18/h1-11H,(H,23,24,25). The van der Waals surface area contributed by atoms with Gasteiger partial charge in [0.2, 0.25) is 5.95 Å². The normalized spacial score (nSPS) is 10.7. The third-order valence-electron chi connectivity index (χ3n) is 3.67. The van der Waals surface area contributed by atoms with Crippen LogP contribution < -0.4 is 5.32 Å². The lowest BCUT2D eigenvalue weighted by molar-refractivity contribution is 1.16. The molecule has 0 aliphatic rings. The van der Waals surface area contributed by atoms with Gasteiger partial charge in [-0.25, -0.2) is 15.0 Å². The lowest BCUT2D eigenvalue weighted by Gasteiger charge is -2.09. The summed E-state index contributed by atoms with van der Waals surface area (Å²) in [5, 5.41) is 7.29. The fraction of sp³-hybridized carbons (Fsp3) is 0. The van der Waals surface area contributed by atoms with E-state index in [4.69, 9.17) is 23.2 Å². The van der Waals surface area contributed by atoms with Gasteiger partial charge in [0.25, 0.3) is 0 Å². The van der Waals surface area contributed by atoms with Crippen molar-refractivity contribution in [1.82, 2.24) is 15.0 Å². The zero-order chi connectivity index (χ0) is 17.9. The molecule has 0 saturated carbocycles. The van der Waals surface area contributed by atoms with E-state index >= 15 is 0 Å². The van der Waals surface area contributed by atoms with Crippen molar-refractivity contribution in [2.75, 3.05) is 5.32 Å². The van der Waals surface area contributed by atoms with Crippen LogP contribution in [0.4, 0.5) is 11.6 Å². The monoisotopic (exact) mass is 398 g/mol. The molecular weight excluding hydrogens is 387 g/mol. The van der Waals surface area contributed by atoms with Crippen LogP contribution in [0.5, 0.6) is 0 Å². The first-order valence-electron chi connectivity index (χ1n) is 7.74. The summed E-state index contributed by atoms with van der Waals surface area (Å²) >= 11 is 14.0. The maximum Gasteiger partial charge on any atom is 0.227 e. The van der Waals surface area contributed by atoms with Gasteiger partial charge in [0, 0.05) is 39.1 Å². The predicted molar refractivity (Wildman–Crippen MR) is 108 cm³/mol. The largest absolute Gasteiger partial charge is 0.324 e. The minimum absolute atomic E-state index is 0.507. The van der Waals surface area contributed by atoms with Gasteiger partial charge in [0.1, 0.15) is 10.7 Å². The first-order valence-corrected chi connectivity index (χ1v) is 9.38. The lowest BCUT2D eigenvalue weighted by atomic mass is 10.1. The van der Waals surface area contributed by atoms with Gasteiger partial charge in [-0.05, 0) is 42.0 Å². The van der Waals surface area contributed by atoms with Crippen molar-refractivity contribution in [2.24, 2.45) is 0 Å². The van der Waals surface area contributed by atoms with Crippen molar-refractivity contribution in [1.29, 1.82) is 0 Å². The van der Waals surface area contributed by atoms with Crippen molar-refractivity contribution in [3.05, 3.63) is 76.3 Å². The van der Waals surface area contributed by atoms with Crippen LogP contribution in [0.1, 0.15) is 0 Å². The van der Waals surface area contributed by atoms with E-state index in [1.54, 1.807) is 24.5 Å². The molecule has 4 nitrogen and oxygen atoms in total. The van der Waals surface area contributed by atoms with Gasteiger partial charge in [-0.3, -0.25) is 0 Å². The van der Waals surface area contributed by atoms with Crippen LogP contribution >= 0.6 is 34.5 Å². The Kier molecular flexibility index (Phi) is 4.84. The molecule has 0 bridgehead atoms. The second-order valence-corrected chi connectivity index (χ2v) is 7.17. The quantitative estimate of drug-likeness (QED) is 0.436. The molecule has 128 valence electrons. The zero-order valence-corrected chi connectivity index (χ0v) is 15.7. The first kappa shape index (κ1) is 17.0. The Hall–Kier alpha value is -2.47. The van der Waals surface area contributed by atoms with Crippen LogP contribution in [0.15, 0.2) is 66.3 Å². The first-order chi connectivity index (χ1) is 12.7. The molecular formula is C19H12Cl2N4S. The Morgan fingerprint density at radius 3 is 2.69 bits per heavy atom. The van der Waals surface area contributed by atoms with Crippen LogP contribution in [-0.4, -0.2) is 15.0 Å². The van der Waals surface area contributed by atoms with Crippen molar-refractivity contribution >= 4 is 46.2 Å². The number of rotatable bonds is 4. The van der Waals surface area contributed by atoms with Crippen molar-refractivity contribution < 1.29 is 0 Å². The molecule has 0 saturated heterocycles. The van der Waals surface area contributed by atoms with E-state index in [0.717, 1.165) is 27.5 Å². The molecule has 2 aromatic carbocycles. The fourth-order valence-corrected chi connectivity index (χ4v) is 3.51. The zero-order valence-electron chi connectivity index (χ0n) is 13.4. The maximum atomic E-state index is 6.31. The van der Waals surface area contributed by atoms with Crippen LogP contribution in [0.2, 0.25) is 10.0 Å². The molecule has 7 heteroatoms. The second kappa shape index (κ2) is 7.41. The van der Waals surface area contributed by atoms with Crippen LogP contribution in [0.3, 0.4) is 0 Å². The topological polar surface area (TPSA) is 50.7 Å². The Morgan fingerprint density at radius 2 is 1.85 bits per heavy atom. The molecule has 26 heavy (non-hydrogen) atoms. The molecule has 0 unspecified atom stereocenters. The number of thiazole rings is 1. The number of halogens is 2. The predicted octanol–water partition coefficient (Wildman–Crippen LogP) is 6.32. The summed E-state index contributed by atoms with van der Waals surface area (Å²) in [5.41, 5.74) is 3.47. The maximum absolute atomic E-state index is 6.31. The molecule has 2 heterocycles. The van der Waals surface area contributed by atoms with E-state index in [1.165, 1.54) is 11.3 Å². The summed E-state index contributed by atoms with van der Waals surface area (Å²) in [7, 11) is 0. The van der Waals surface area contributed by atoms with Crippen LogP contribution in [-0.2, 0) is 0 Å². The Balaban J connectivity index is 1.64. The van der Waals surface area contributed by atoms with Gasteiger partial charge in [0.15, 0.2) is 0 Å². The van der Waals surface area contributed by atoms with Gasteiger partial charge in [-0.15, -0.1) is 11.3 Å². The van der Waals surface area contributed by atoms with Gasteiger partial charge in [-0.2, -0.15) is 0 Å². The van der Waals surface area contributed by atoms with Gasteiger partial charge >= 0.3 is 0 Å². The molecule has 2 aromatic heterocycles. The van der Waals surface area contributed by atoms with E-state index in [0.29, 0.717) is 16.0 Å². The number of nitrogens with zero attached hydrogens (tertiary/aromatic N) is 3. The highest BCUT2D eigenvalue weighted by atomic mass is 35.5. The lowest BCUT2D eigenvalue weighted by Crippen LogP contribution is -1.98. The summed E-state index contributed by atoms with van der Waals surface area (Å²) in [4.78, 5) is 13.1. The number of hydrogen-bond acceptors (Lipinski definition) is 5. The number of aromatic nitrogens is 3. The van der Waals surface area contributed by atoms with Crippen molar-refractivity contribution in [3.63, 3.8) is 0 Å². The average molecular weight is 399 g/mol. The number of anilines is 2. The number of nitrogens with one attached hydrogen (secondary N) is 1. The highest BCUT2D eigenvalue weighted by molar-refractivity contribution is 7.13. The fourth-order valence-electron chi connectivity index (χ4n) is 2.50. The van der Waals surface area contributed by atoms with Crippen molar-refractivity contribution in [3.8, 4) is 21.8 Å². The number of hydrogen-bond donors (Lipinski definition) is 1. The van der Waals surface area contributed by atoms with Gasteiger partial charge in [-0.1, -0.05) is 35.3 Å². The van der Waals surface area contributed by atoms with E-state index in [-0.39, 0.29) is 0 Å². The molecule has 0 amide bonds. The van der Waals surface area contributed by atoms with E-state index < -0.39 is 0 Å². The highest BCUT2D eigenvalue weighted by Crippen LogP contribution is 2.32. The summed E-state index contributed by atoms with van der Waals surface area (Å²) in [6.45, 7) is 0. The van der Waals surface area contributed by atoms with Crippen LogP contribution in [0, 0.1) is 0 Å². The van der Waals surface area contributed by atoms with E-state index in [2.05, 4.69) is 20.3 Å². The Morgan fingerprint density at radius 1 is 0.923 bits per heavy atom. The Labute approximate surface area is 164 Å². The highest BCUT2D eigenvalue weighted by Gasteiger charge is 2.08. The van der Waals surface area contributed by atoms with Crippen LogP contribution in [0.25, 0.3) is 21.8 Å². The SMILES string of the molecule is Clc1ccc(Cl)c(-c2cccc(Nc3nccc(-c4nccs4)n3)c2)c1. The van der Waals surface area contributed by atoms with Gasteiger partial charge < -0.3 is 5.32 Å². The van der Waals surface area contributed by atoms with Gasteiger partial charge in [0.05, 0.1) is 0 Å². The molecule has 0 fully saturated rings. The summed E-state index contributed by atoms with van der Waals surface area (Å²) < 4.78 is 0. The summed E-state index contributed by atoms with van der Waals surface area (Å²) in [6.07, 6.45) is 3.47. The van der Waals surface area contributed by atoms with Crippen molar-refractivity contribution in [2.45, 2.75) is 0 Å². The molecule has 0 atom stereocenters. The molecule has 0 radical (unpaired) electrons. The van der Waals surface area contributed by atoms with E-state index in [9.17, 15) is 0 Å². The third kappa shape index (κ3) is 3.70. The number of benzene rings is 2. The molecule has 0 aliphatic carbocycles. The minimum atomic E-state index is 0.507. The molecule has 1 N–H and O–H groups in total. The molecule has 4 aromatic rings. The van der Waals surface area contributed by atoms with E-state index in [1.807, 2.05) is 41.8 Å². The average Bonchev–Trinajstić information content (AvgIpc) is 3.19. The summed E-state index contributed by atoms with van der Waals surface area (Å²) in [6, 6.07) is 15.1. The second-order valence-electron chi connectivity index (χ2n) is 5.43. The minimum Gasteiger partial charge on any atom is -0.324 e. The molecule has 0 spiro atoms.